The van der Waals surface area contributed by atoms with Crippen LogP contribution in [0.4, 0.5) is 4.39 Å². The lowest BCUT2D eigenvalue weighted by Gasteiger charge is -2.23. The minimum absolute atomic E-state index is 0.166. The standard InChI is InChI=1S/C15H22FNO/c1-11(9-10-18-2)17-15(12-3-4-12)13-5-7-14(16)8-6-13/h5-8,11-12,15,17H,3-4,9-10H2,1-2H3. The molecule has 18 heavy (non-hydrogen) atoms. The predicted molar refractivity (Wildman–Crippen MR) is 71.0 cm³/mol. The van der Waals surface area contributed by atoms with Crippen LogP contribution in [-0.2, 0) is 4.74 Å². The number of benzene rings is 1. The van der Waals surface area contributed by atoms with Crippen LogP contribution in [0.15, 0.2) is 24.3 Å². The van der Waals surface area contributed by atoms with Crippen LogP contribution in [0.2, 0.25) is 0 Å². The topological polar surface area (TPSA) is 21.3 Å². The van der Waals surface area contributed by atoms with Crippen molar-refractivity contribution >= 4 is 0 Å². The van der Waals surface area contributed by atoms with Gasteiger partial charge in [0.2, 0.25) is 0 Å². The summed E-state index contributed by atoms with van der Waals surface area (Å²) in [6.07, 6.45) is 3.54. The van der Waals surface area contributed by atoms with Gasteiger partial charge in [-0.1, -0.05) is 12.1 Å². The summed E-state index contributed by atoms with van der Waals surface area (Å²) in [5, 5.41) is 3.65. The number of hydrogen-bond donors (Lipinski definition) is 1. The van der Waals surface area contributed by atoms with Crippen molar-refractivity contribution in [2.45, 2.75) is 38.3 Å². The van der Waals surface area contributed by atoms with E-state index in [1.807, 2.05) is 12.1 Å². The van der Waals surface area contributed by atoms with Crippen molar-refractivity contribution in [1.82, 2.24) is 5.32 Å². The summed E-state index contributed by atoms with van der Waals surface area (Å²) in [6.45, 7) is 2.95. The highest BCUT2D eigenvalue weighted by Gasteiger charge is 2.32. The highest BCUT2D eigenvalue weighted by Crippen LogP contribution is 2.41. The van der Waals surface area contributed by atoms with E-state index in [4.69, 9.17) is 4.74 Å². The van der Waals surface area contributed by atoms with Gasteiger partial charge in [-0.05, 0) is 49.8 Å². The first-order chi connectivity index (χ1) is 8.70. The molecule has 0 spiro atoms. The van der Waals surface area contributed by atoms with Crippen LogP contribution < -0.4 is 5.32 Å². The minimum atomic E-state index is -0.166. The first kappa shape index (κ1) is 13.5. The first-order valence-electron chi connectivity index (χ1n) is 6.71. The van der Waals surface area contributed by atoms with Gasteiger partial charge in [0.15, 0.2) is 0 Å². The molecule has 0 bridgehead atoms. The van der Waals surface area contributed by atoms with Crippen molar-refractivity contribution in [3.05, 3.63) is 35.6 Å². The van der Waals surface area contributed by atoms with Gasteiger partial charge in [0.1, 0.15) is 5.82 Å². The van der Waals surface area contributed by atoms with Crippen LogP contribution >= 0.6 is 0 Å². The summed E-state index contributed by atoms with van der Waals surface area (Å²) in [4.78, 5) is 0. The molecule has 0 amide bonds. The second kappa shape index (κ2) is 6.30. The maximum absolute atomic E-state index is 13.0. The van der Waals surface area contributed by atoms with E-state index in [-0.39, 0.29) is 5.82 Å². The molecule has 1 saturated carbocycles. The Kier molecular flexibility index (Phi) is 4.72. The Morgan fingerprint density at radius 3 is 2.56 bits per heavy atom. The van der Waals surface area contributed by atoms with E-state index < -0.39 is 0 Å². The number of halogens is 1. The molecule has 1 fully saturated rings. The van der Waals surface area contributed by atoms with Crippen molar-refractivity contribution in [2.75, 3.05) is 13.7 Å². The molecule has 0 aromatic heterocycles. The van der Waals surface area contributed by atoms with Crippen LogP contribution in [0, 0.1) is 11.7 Å². The summed E-state index contributed by atoms with van der Waals surface area (Å²) in [5.74, 6) is 0.543. The minimum Gasteiger partial charge on any atom is -0.385 e. The zero-order valence-corrected chi connectivity index (χ0v) is 11.2. The second-order valence-electron chi connectivity index (χ2n) is 5.22. The van der Waals surface area contributed by atoms with Crippen molar-refractivity contribution in [3.8, 4) is 0 Å². The Bertz CT molecular complexity index is 361. The third kappa shape index (κ3) is 3.79. The number of nitrogens with one attached hydrogen (secondary N) is 1. The normalized spacial score (nSPS) is 18.6. The molecule has 0 heterocycles. The average molecular weight is 251 g/mol. The summed E-state index contributed by atoms with van der Waals surface area (Å²) < 4.78 is 18.1. The fourth-order valence-corrected chi connectivity index (χ4v) is 2.29. The Morgan fingerprint density at radius 1 is 1.33 bits per heavy atom. The zero-order valence-electron chi connectivity index (χ0n) is 11.2. The van der Waals surface area contributed by atoms with Gasteiger partial charge in [0.05, 0.1) is 0 Å². The Balaban J connectivity index is 1.97. The van der Waals surface area contributed by atoms with E-state index in [1.165, 1.54) is 18.4 Å². The van der Waals surface area contributed by atoms with Gasteiger partial charge in [0, 0.05) is 25.8 Å². The van der Waals surface area contributed by atoms with Gasteiger partial charge < -0.3 is 10.1 Å². The third-order valence-corrected chi connectivity index (χ3v) is 3.54. The Labute approximate surface area is 109 Å². The monoisotopic (exact) mass is 251 g/mol. The molecule has 2 nitrogen and oxygen atoms in total. The molecule has 2 unspecified atom stereocenters. The fourth-order valence-electron chi connectivity index (χ4n) is 2.29. The molecule has 100 valence electrons. The lowest BCUT2D eigenvalue weighted by Crippen LogP contribution is -2.32. The lowest BCUT2D eigenvalue weighted by molar-refractivity contribution is 0.181. The number of ether oxygens (including phenoxy) is 1. The van der Waals surface area contributed by atoms with Crippen molar-refractivity contribution < 1.29 is 9.13 Å². The van der Waals surface area contributed by atoms with Gasteiger partial charge in [-0.3, -0.25) is 0 Å². The van der Waals surface area contributed by atoms with Crippen LogP contribution in [-0.4, -0.2) is 19.8 Å². The average Bonchev–Trinajstić information content (AvgIpc) is 3.19. The van der Waals surface area contributed by atoms with E-state index in [1.54, 1.807) is 19.2 Å². The summed E-state index contributed by atoms with van der Waals surface area (Å²) in [6, 6.07) is 7.67. The van der Waals surface area contributed by atoms with Crippen molar-refractivity contribution in [2.24, 2.45) is 5.92 Å². The maximum Gasteiger partial charge on any atom is 0.123 e. The number of hydrogen-bond acceptors (Lipinski definition) is 2. The van der Waals surface area contributed by atoms with Gasteiger partial charge in [-0.15, -0.1) is 0 Å². The Hall–Kier alpha value is -0.930. The van der Waals surface area contributed by atoms with Gasteiger partial charge in [-0.2, -0.15) is 0 Å². The predicted octanol–water partition coefficient (Wildman–Crippen LogP) is 3.29. The highest BCUT2D eigenvalue weighted by atomic mass is 19.1. The largest absolute Gasteiger partial charge is 0.385 e. The molecule has 1 aromatic carbocycles. The number of rotatable bonds is 7. The first-order valence-corrected chi connectivity index (χ1v) is 6.71. The second-order valence-corrected chi connectivity index (χ2v) is 5.22. The van der Waals surface area contributed by atoms with E-state index in [2.05, 4.69) is 12.2 Å². The molecule has 1 aliphatic rings. The van der Waals surface area contributed by atoms with E-state index >= 15 is 0 Å². The highest BCUT2D eigenvalue weighted by molar-refractivity contribution is 5.22. The summed E-state index contributed by atoms with van der Waals surface area (Å²) >= 11 is 0. The molecule has 1 aromatic rings. The van der Waals surface area contributed by atoms with Crippen LogP contribution in [0.25, 0.3) is 0 Å². The molecular weight excluding hydrogens is 229 g/mol. The molecule has 2 atom stereocenters. The third-order valence-electron chi connectivity index (χ3n) is 3.54. The number of methoxy groups -OCH3 is 1. The summed E-state index contributed by atoms with van der Waals surface area (Å²) in [7, 11) is 1.73. The fraction of sp³-hybridized carbons (Fsp3) is 0.600. The van der Waals surface area contributed by atoms with Gasteiger partial charge >= 0.3 is 0 Å². The molecule has 1 N–H and O–H groups in total. The van der Waals surface area contributed by atoms with Crippen molar-refractivity contribution in [3.63, 3.8) is 0 Å². The molecule has 0 saturated heterocycles. The van der Waals surface area contributed by atoms with Crippen LogP contribution in [0.3, 0.4) is 0 Å². The van der Waals surface area contributed by atoms with Gasteiger partial charge in [-0.25, -0.2) is 4.39 Å². The summed E-state index contributed by atoms with van der Waals surface area (Å²) in [5.41, 5.74) is 1.20. The molecule has 2 rings (SSSR count). The smallest absolute Gasteiger partial charge is 0.123 e. The van der Waals surface area contributed by atoms with Crippen LogP contribution in [0.5, 0.6) is 0 Å². The zero-order chi connectivity index (χ0) is 13.0. The Morgan fingerprint density at radius 2 is 2.00 bits per heavy atom. The SMILES string of the molecule is COCCC(C)NC(c1ccc(F)cc1)C1CC1. The van der Waals surface area contributed by atoms with Crippen molar-refractivity contribution in [1.29, 1.82) is 0 Å². The van der Waals surface area contributed by atoms with Crippen LogP contribution in [0.1, 0.15) is 37.8 Å². The van der Waals surface area contributed by atoms with E-state index in [0.717, 1.165) is 13.0 Å². The van der Waals surface area contributed by atoms with Gasteiger partial charge in [0.25, 0.3) is 0 Å². The quantitative estimate of drug-likeness (QED) is 0.803. The molecule has 3 heteroatoms. The molecule has 0 radical (unpaired) electrons. The molecular formula is C15H22FNO. The molecule has 1 aliphatic carbocycles. The maximum atomic E-state index is 13.0. The molecule has 0 aliphatic heterocycles. The lowest BCUT2D eigenvalue weighted by atomic mass is 10.0. The van der Waals surface area contributed by atoms with E-state index in [9.17, 15) is 4.39 Å². The van der Waals surface area contributed by atoms with E-state index in [0.29, 0.717) is 18.0 Å².